The number of nitrogens with zero attached hydrogens (tertiary/aromatic N) is 4. The van der Waals surface area contributed by atoms with Crippen LogP contribution in [0.2, 0.25) is 0 Å². The van der Waals surface area contributed by atoms with Crippen LogP contribution in [-0.2, 0) is 11.3 Å². The van der Waals surface area contributed by atoms with Gasteiger partial charge in [0.1, 0.15) is 29.4 Å². The van der Waals surface area contributed by atoms with Crippen LogP contribution in [0.15, 0.2) is 35.1 Å². The second kappa shape index (κ2) is 6.12. The van der Waals surface area contributed by atoms with Gasteiger partial charge in [0.25, 0.3) is 5.71 Å². The first-order chi connectivity index (χ1) is 12.1. The van der Waals surface area contributed by atoms with E-state index in [9.17, 15) is 9.18 Å². The van der Waals surface area contributed by atoms with Crippen LogP contribution in [0.5, 0.6) is 0 Å². The second-order valence-electron chi connectivity index (χ2n) is 6.04. The SMILES string of the molecule is Cc1noc2ncnc(NC3CCN(Cc4ccc(F)cc4)C3=O)c12. The molecule has 25 heavy (non-hydrogen) atoms. The van der Waals surface area contributed by atoms with Crippen LogP contribution in [0, 0.1) is 12.7 Å². The predicted octanol–water partition coefficient (Wildman–Crippen LogP) is 2.28. The van der Waals surface area contributed by atoms with E-state index in [1.807, 2.05) is 0 Å². The Morgan fingerprint density at radius 3 is 2.92 bits per heavy atom. The molecule has 4 rings (SSSR count). The van der Waals surface area contributed by atoms with Crippen molar-refractivity contribution in [2.45, 2.75) is 25.9 Å². The highest BCUT2D eigenvalue weighted by Crippen LogP contribution is 2.25. The number of benzene rings is 1. The van der Waals surface area contributed by atoms with Gasteiger partial charge < -0.3 is 14.7 Å². The molecule has 0 aliphatic carbocycles. The summed E-state index contributed by atoms with van der Waals surface area (Å²) in [5, 5.41) is 7.75. The largest absolute Gasteiger partial charge is 0.358 e. The van der Waals surface area contributed by atoms with Gasteiger partial charge in [0.2, 0.25) is 5.91 Å². The smallest absolute Gasteiger partial charge is 0.263 e. The Kier molecular flexibility index (Phi) is 3.79. The van der Waals surface area contributed by atoms with Gasteiger partial charge in [-0.3, -0.25) is 4.79 Å². The van der Waals surface area contributed by atoms with Crippen LogP contribution in [0.25, 0.3) is 11.1 Å². The summed E-state index contributed by atoms with van der Waals surface area (Å²) < 4.78 is 18.1. The molecular formula is C17H16FN5O2. The maximum absolute atomic E-state index is 13.0. The number of rotatable bonds is 4. The summed E-state index contributed by atoms with van der Waals surface area (Å²) in [5.74, 6) is 0.254. The molecule has 1 aliphatic heterocycles. The van der Waals surface area contributed by atoms with Crippen LogP contribution in [0.1, 0.15) is 17.7 Å². The molecule has 7 nitrogen and oxygen atoms in total. The number of amides is 1. The van der Waals surface area contributed by atoms with Gasteiger partial charge in [-0.25, -0.2) is 9.37 Å². The van der Waals surface area contributed by atoms with Crippen LogP contribution in [0.4, 0.5) is 10.2 Å². The first-order valence-corrected chi connectivity index (χ1v) is 7.98. The Hall–Kier alpha value is -3.03. The molecule has 1 saturated heterocycles. The molecule has 1 atom stereocenters. The molecule has 1 N–H and O–H groups in total. The van der Waals surface area contributed by atoms with Crippen molar-refractivity contribution in [2.24, 2.45) is 0 Å². The minimum Gasteiger partial charge on any atom is -0.358 e. The minimum absolute atomic E-state index is 0.00908. The van der Waals surface area contributed by atoms with Crippen molar-refractivity contribution in [1.29, 1.82) is 0 Å². The molecule has 2 aromatic heterocycles. The van der Waals surface area contributed by atoms with Gasteiger partial charge in [0, 0.05) is 13.1 Å². The first-order valence-electron chi connectivity index (χ1n) is 7.98. The van der Waals surface area contributed by atoms with E-state index in [-0.39, 0.29) is 17.8 Å². The van der Waals surface area contributed by atoms with E-state index in [1.165, 1.54) is 18.5 Å². The van der Waals surface area contributed by atoms with E-state index in [2.05, 4.69) is 20.4 Å². The van der Waals surface area contributed by atoms with Gasteiger partial charge in [0.05, 0.1) is 5.69 Å². The summed E-state index contributed by atoms with van der Waals surface area (Å²) >= 11 is 0. The lowest BCUT2D eigenvalue weighted by molar-refractivity contribution is -0.128. The Morgan fingerprint density at radius 1 is 1.32 bits per heavy atom. The van der Waals surface area contributed by atoms with Crippen LogP contribution >= 0.6 is 0 Å². The number of anilines is 1. The normalized spacial score (nSPS) is 17.4. The highest BCUT2D eigenvalue weighted by molar-refractivity contribution is 5.92. The number of carbonyl (C=O) groups is 1. The zero-order valence-electron chi connectivity index (χ0n) is 13.6. The molecule has 1 aliphatic rings. The second-order valence-corrected chi connectivity index (χ2v) is 6.04. The summed E-state index contributed by atoms with van der Waals surface area (Å²) in [5.41, 5.74) is 1.96. The van der Waals surface area contributed by atoms with E-state index in [0.29, 0.717) is 42.1 Å². The number of nitrogens with one attached hydrogen (secondary N) is 1. The maximum atomic E-state index is 13.0. The topological polar surface area (TPSA) is 84.2 Å². The summed E-state index contributed by atoms with van der Waals surface area (Å²) in [7, 11) is 0. The molecule has 1 aromatic carbocycles. The lowest BCUT2D eigenvalue weighted by Gasteiger charge is -2.17. The Morgan fingerprint density at radius 2 is 2.12 bits per heavy atom. The Balaban J connectivity index is 1.50. The van der Waals surface area contributed by atoms with Gasteiger partial charge in [-0.15, -0.1) is 0 Å². The number of aromatic nitrogens is 3. The van der Waals surface area contributed by atoms with Gasteiger partial charge >= 0.3 is 0 Å². The van der Waals surface area contributed by atoms with Gasteiger partial charge in [-0.1, -0.05) is 17.3 Å². The Labute approximate surface area is 142 Å². The molecule has 0 radical (unpaired) electrons. The fraction of sp³-hybridized carbons (Fsp3) is 0.294. The third-order valence-corrected chi connectivity index (χ3v) is 4.34. The van der Waals surface area contributed by atoms with Gasteiger partial charge in [-0.05, 0) is 31.0 Å². The molecule has 1 unspecified atom stereocenters. The predicted molar refractivity (Wildman–Crippen MR) is 88.2 cm³/mol. The molecule has 0 spiro atoms. The summed E-state index contributed by atoms with van der Waals surface area (Å²) in [4.78, 5) is 22.7. The van der Waals surface area contributed by atoms with Crippen molar-refractivity contribution in [1.82, 2.24) is 20.0 Å². The van der Waals surface area contributed by atoms with Crippen LogP contribution < -0.4 is 5.32 Å². The summed E-state index contributed by atoms with van der Waals surface area (Å²) in [6.07, 6.45) is 2.04. The number of carbonyl (C=O) groups excluding carboxylic acids is 1. The molecular weight excluding hydrogens is 325 g/mol. The highest BCUT2D eigenvalue weighted by atomic mass is 19.1. The third-order valence-electron chi connectivity index (χ3n) is 4.34. The third kappa shape index (κ3) is 2.90. The van der Waals surface area contributed by atoms with Crippen LogP contribution in [-0.4, -0.2) is 38.5 Å². The highest BCUT2D eigenvalue weighted by Gasteiger charge is 2.32. The van der Waals surface area contributed by atoms with E-state index < -0.39 is 0 Å². The van der Waals surface area contributed by atoms with Crippen molar-refractivity contribution in [3.63, 3.8) is 0 Å². The van der Waals surface area contributed by atoms with Crippen molar-refractivity contribution < 1.29 is 13.7 Å². The fourth-order valence-corrected chi connectivity index (χ4v) is 3.04. The maximum Gasteiger partial charge on any atom is 0.263 e. The number of hydrogen-bond acceptors (Lipinski definition) is 6. The van der Waals surface area contributed by atoms with E-state index >= 15 is 0 Å². The molecule has 3 heterocycles. The molecule has 0 bridgehead atoms. The molecule has 8 heteroatoms. The van der Waals surface area contributed by atoms with E-state index in [0.717, 1.165) is 5.56 Å². The monoisotopic (exact) mass is 341 g/mol. The average molecular weight is 341 g/mol. The number of fused-ring (bicyclic) bond motifs is 1. The summed E-state index contributed by atoms with van der Waals surface area (Å²) in [6.45, 7) is 2.89. The minimum atomic E-state index is -0.368. The van der Waals surface area contributed by atoms with E-state index in [1.54, 1.807) is 24.0 Å². The number of aryl methyl sites for hydroxylation is 1. The number of likely N-dealkylation sites (tertiary alicyclic amines) is 1. The lowest BCUT2D eigenvalue weighted by Crippen LogP contribution is -2.33. The molecule has 3 aromatic rings. The molecule has 128 valence electrons. The van der Waals surface area contributed by atoms with Crippen LogP contribution in [0.3, 0.4) is 0 Å². The van der Waals surface area contributed by atoms with Crippen molar-refractivity contribution in [2.75, 3.05) is 11.9 Å². The lowest BCUT2D eigenvalue weighted by atomic mass is 10.2. The van der Waals surface area contributed by atoms with E-state index in [4.69, 9.17) is 4.52 Å². The standard InChI is InChI=1S/C17H16FN5O2/c1-10-14-15(19-9-20-16(14)25-22-10)21-13-6-7-23(17(13)24)8-11-2-4-12(18)5-3-11/h2-5,9,13H,6-8H2,1H3,(H,19,20,21). The molecule has 1 amide bonds. The molecule has 0 saturated carbocycles. The summed E-state index contributed by atoms with van der Waals surface area (Å²) in [6, 6.07) is 5.82. The van der Waals surface area contributed by atoms with Crippen molar-refractivity contribution in [3.8, 4) is 0 Å². The molecule has 1 fully saturated rings. The zero-order chi connectivity index (χ0) is 17.4. The van der Waals surface area contributed by atoms with Crippen molar-refractivity contribution >= 4 is 22.8 Å². The fourth-order valence-electron chi connectivity index (χ4n) is 3.04. The van der Waals surface area contributed by atoms with Gasteiger partial charge in [-0.2, -0.15) is 4.98 Å². The number of hydrogen-bond donors (Lipinski definition) is 1. The average Bonchev–Trinajstić information content (AvgIpc) is 3.15. The number of halogens is 1. The quantitative estimate of drug-likeness (QED) is 0.784. The van der Waals surface area contributed by atoms with Crippen molar-refractivity contribution in [3.05, 3.63) is 47.7 Å². The zero-order valence-corrected chi connectivity index (χ0v) is 13.6. The Bertz CT molecular complexity index is 924. The first kappa shape index (κ1) is 15.5. The van der Waals surface area contributed by atoms with Gasteiger partial charge in [0.15, 0.2) is 0 Å².